The van der Waals surface area contributed by atoms with Gasteiger partial charge in [0.05, 0.1) is 19.1 Å². The molecule has 190 valence electrons. The number of anilines is 1. The number of amides is 1. The van der Waals surface area contributed by atoms with Crippen LogP contribution in [0, 0.1) is 11.7 Å². The molecule has 1 aliphatic heterocycles. The number of carbonyl (C=O) groups is 1. The molecule has 1 fully saturated rings. The van der Waals surface area contributed by atoms with Crippen molar-refractivity contribution in [3.63, 3.8) is 0 Å². The van der Waals surface area contributed by atoms with Crippen LogP contribution in [0.2, 0.25) is 0 Å². The highest BCUT2D eigenvalue weighted by atomic mass is 19.1. The predicted octanol–water partition coefficient (Wildman–Crippen LogP) is 5.35. The van der Waals surface area contributed by atoms with Crippen LogP contribution in [0.25, 0.3) is 11.4 Å². The van der Waals surface area contributed by atoms with Crippen molar-refractivity contribution >= 4 is 11.6 Å². The van der Waals surface area contributed by atoms with Gasteiger partial charge in [0.25, 0.3) is 0 Å². The molecular formula is C29H29FN4O3. The summed E-state index contributed by atoms with van der Waals surface area (Å²) in [5.74, 6) is 1.16. The maximum atomic E-state index is 13.2. The van der Waals surface area contributed by atoms with Gasteiger partial charge >= 0.3 is 0 Å². The lowest BCUT2D eigenvalue weighted by molar-refractivity contribution is -0.121. The minimum atomic E-state index is -0.313. The van der Waals surface area contributed by atoms with Crippen molar-refractivity contribution in [3.8, 4) is 17.1 Å². The molecule has 8 heteroatoms. The molecule has 0 aliphatic carbocycles. The number of rotatable bonds is 9. The molecule has 7 nitrogen and oxygen atoms in total. The van der Waals surface area contributed by atoms with Crippen molar-refractivity contribution < 1.29 is 18.4 Å². The summed E-state index contributed by atoms with van der Waals surface area (Å²) < 4.78 is 24.5. The Balaban J connectivity index is 1.12. The Hall–Kier alpha value is -4.04. The van der Waals surface area contributed by atoms with E-state index < -0.39 is 0 Å². The molecule has 1 aromatic heterocycles. The van der Waals surface area contributed by atoms with Crippen LogP contribution >= 0.6 is 0 Å². The first kappa shape index (κ1) is 24.6. The monoisotopic (exact) mass is 500 g/mol. The van der Waals surface area contributed by atoms with Gasteiger partial charge in [0.1, 0.15) is 11.6 Å². The number of halogens is 1. The summed E-state index contributed by atoms with van der Waals surface area (Å²) in [5.41, 5.74) is 2.64. The Morgan fingerprint density at radius 1 is 1.08 bits per heavy atom. The number of piperidine rings is 1. The molecule has 1 N–H and O–H groups in total. The van der Waals surface area contributed by atoms with Gasteiger partial charge in [0.2, 0.25) is 17.6 Å². The van der Waals surface area contributed by atoms with Crippen LogP contribution in [0.3, 0.4) is 0 Å². The molecule has 1 saturated heterocycles. The number of benzene rings is 3. The molecule has 1 amide bonds. The van der Waals surface area contributed by atoms with Crippen molar-refractivity contribution in [2.75, 3.05) is 25.0 Å². The van der Waals surface area contributed by atoms with E-state index >= 15 is 0 Å². The molecule has 2 heterocycles. The van der Waals surface area contributed by atoms with Crippen LogP contribution in [0.1, 0.15) is 24.3 Å². The summed E-state index contributed by atoms with van der Waals surface area (Å²) in [6.07, 6.45) is 2.54. The lowest BCUT2D eigenvalue weighted by Crippen LogP contribution is -2.40. The van der Waals surface area contributed by atoms with Crippen LogP contribution < -0.4 is 10.1 Å². The minimum absolute atomic E-state index is 0.0105. The van der Waals surface area contributed by atoms with E-state index in [1.807, 2.05) is 42.5 Å². The number of nitrogens with one attached hydrogen (secondary N) is 1. The van der Waals surface area contributed by atoms with Gasteiger partial charge in [-0.05, 0) is 61.3 Å². The molecule has 0 spiro atoms. The van der Waals surface area contributed by atoms with Crippen LogP contribution in [0.15, 0.2) is 83.4 Å². The first-order valence-electron chi connectivity index (χ1n) is 12.5. The highest BCUT2D eigenvalue weighted by Gasteiger charge is 2.27. The first-order valence-corrected chi connectivity index (χ1v) is 12.5. The fourth-order valence-corrected chi connectivity index (χ4v) is 4.48. The van der Waals surface area contributed by atoms with Gasteiger partial charge < -0.3 is 14.6 Å². The number of ether oxygens (including phenoxy) is 1. The molecule has 4 aromatic rings. The third-order valence-electron chi connectivity index (χ3n) is 6.41. The van der Waals surface area contributed by atoms with E-state index in [4.69, 9.17) is 9.26 Å². The Morgan fingerprint density at radius 2 is 1.92 bits per heavy atom. The van der Waals surface area contributed by atoms with E-state index in [-0.39, 0.29) is 17.6 Å². The van der Waals surface area contributed by atoms with Crippen LogP contribution in [-0.4, -0.2) is 40.6 Å². The number of carbonyl (C=O) groups excluding carboxylic acids is 1. The van der Waals surface area contributed by atoms with Gasteiger partial charge in [-0.3, -0.25) is 9.69 Å². The topological polar surface area (TPSA) is 80.5 Å². The van der Waals surface area contributed by atoms with Gasteiger partial charge in [0, 0.05) is 30.3 Å². The van der Waals surface area contributed by atoms with Crippen molar-refractivity contribution in [1.82, 2.24) is 15.0 Å². The van der Waals surface area contributed by atoms with Crippen LogP contribution in [0.4, 0.5) is 10.1 Å². The number of hydrogen-bond acceptors (Lipinski definition) is 6. The van der Waals surface area contributed by atoms with Crippen molar-refractivity contribution in [2.24, 2.45) is 5.92 Å². The van der Waals surface area contributed by atoms with E-state index in [1.165, 1.54) is 17.7 Å². The number of likely N-dealkylation sites (tertiary alicyclic amines) is 1. The molecule has 37 heavy (non-hydrogen) atoms. The number of hydrogen-bond donors (Lipinski definition) is 1. The Morgan fingerprint density at radius 3 is 2.76 bits per heavy atom. The predicted molar refractivity (Wildman–Crippen MR) is 138 cm³/mol. The molecule has 0 saturated carbocycles. The molecule has 5 rings (SSSR count). The largest absolute Gasteiger partial charge is 0.493 e. The zero-order valence-electron chi connectivity index (χ0n) is 20.5. The quantitative estimate of drug-likeness (QED) is 0.334. The maximum Gasteiger partial charge on any atom is 0.241 e. The second-order valence-corrected chi connectivity index (χ2v) is 9.19. The third kappa shape index (κ3) is 6.80. The second-order valence-electron chi connectivity index (χ2n) is 9.19. The fraction of sp³-hybridized carbons (Fsp3) is 0.276. The summed E-state index contributed by atoms with van der Waals surface area (Å²) >= 11 is 0. The SMILES string of the molecule is O=C(Nc1cccc(OCCc2ccccc2)c1)C1CCCN(Cc2nc(-c3ccc(F)cc3)no2)C1. The second kappa shape index (κ2) is 11.8. The average Bonchev–Trinajstić information content (AvgIpc) is 3.38. The summed E-state index contributed by atoms with van der Waals surface area (Å²) in [5, 5.41) is 7.06. The van der Waals surface area contributed by atoms with E-state index in [0.717, 1.165) is 37.2 Å². The summed E-state index contributed by atoms with van der Waals surface area (Å²) in [4.78, 5) is 19.6. The normalized spacial score (nSPS) is 15.9. The van der Waals surface area contributed by atoms with E-state index in [0.29, 0.717) is 37.0 Å². The summed E-state index contributed by atoms with van der Waals surface area (Å²) in [7, 11) is 0. The fourth-order valence-electron chi connectivity index (χ4n) is 4.48. The Kier molecular flexibility index (Phi) is 7.86. The molecule has 1 unspecified atom stereocenters. The molecule has 1 atom stereocenters. The van der Waals surface area contributed by atoms with Crippen molar-refractivity contribution in [3.05, 3.63) is 96.1 Å². The maximum absolute atomic E-state index is 13.2. The van der Waals surface area contributed by atoms with Gasteiger partial charge in [-0.15, -0.1) is 0 Å². The third-order valence-corrected chi connectivity index (χ3v) is 6.41. The highest BCUT2D eigenvalue weighted by molar-refractivity contribution is 5.92. The van der Waals surface area contributed by atoms with Gasteiger partial charge in [-0.1, -0.05) is 41.6 Å². The van der Waals surface area contributed by atoms with E-state index in [9.17, 15) is 9.18 Å². The van der Waals surface area contributed by atoms with Crippen LogP contribution in [0.5, 0.6) is 5.75 Å². The van der Waals surface area contributed by atoms with Gasteiger partial charge in [0.15, 0.2) is 0 Å². The summed E-state index contributed by atoms with van der Waals surface area (Å²) in [6, 6.07) is 23.7. The van der Waals surface area contributed by atoms with Gasteiger partial charge in [-0.25, -0.2) is 4.39 Å². The van der Waals surface area contributed by atoms with Crippen molar-refractivity contribution in [1.29, 1.82) is 0 Å². The molecular weight excluding hydrogens is 471 g/mol. The number of nitrogens with zero attached hydrogens (tertiary/aromatic N) is 3. The zero-order valence-corrected chi connectivity index (χ0v) is 20.5. The molecule has 0 radical (unpaired) electrons. The Labute approximate surface area is 215 Å². The summed E-state index contributed by atoms with van der Waals surface area (Å²) in [6.45, 7) is 2.48. The molecule has 0 bridgehead atoms. The smallest absolute Gasteiger partial charge is 0.241 e. The standard InChI is InChI=1S/C29H29FN4O3/c30-24-13-11-22(12-14-24)28-32-27(37-33-28)20-34-16-5-8-23(19-34)29(35)31-25-9-4-10-26(18-25)36-17-15-21-6-2-1-3-7-21/h1-4,6-7,9-14,18,23H,5,8,15-17,19-20H2,(H,31,35). The van der Waals surface area contributed by atoms with Crippen molar-refractivity contribution in [2.45, 2.75) is 25.8 Å². The zero-order chi connectivity index (χ0) is 25.5. The number of aromatic nitrogens is 2. The lowest BCUT2D eigenvalue weighted by Gasteiger charge is -2.30. The molecule has 3 aromatic carbocycles. The van der Waals surface area contributed by atoms with Gasteiger partial charge in [-0.2, -0.15) is 4.98 Å². The average molecular weight is 501 g/mol. The van der Waals surface area contributed by atoms with E-state index in [2.05, 4.69) is 32.5 Å². The van der Waals surface area contributed by atoms with E-state index in [1.54, 1.807) is 12.1 Å². The Bertz CT molecular complexity index is 1310. The minimum Gasteiger partial charge on any atom is -0.493 e. The lowest BCUT2D eigenvalue weighted by atomic mass is 9.97. The molecule has 1 aliphatic rings. The highest BCUT2D eigenvalue weighted by Crippen LogP contribution is 2.23. The van der Waals surface area contributed by atoms with Crippen LogP contribution in [-0.2, 0) is 17.8 Å². The first-order chi connectivity index (χ1) is 18.1.